The fourth-order valence-corrected chi connectivity index (χ4v) is 1.93. The second-order valence-corrected chi connectivity index (χ2v) is 4.51. The van der Waals surface area contributed by atoms with Gasteiger partial charge in [-0.25, -0.2) is 0 Å². The van der Waals surface area contributed by atoms with Crippen molar-refractivity contribution in [2.45, 2.75) is 25.7 Å². The minimum Gasteiger partial charge on any atom is -0.393 e. The van der Waals surface area contributed by atoms with Gasteiger partial charge in [-0.05, 0) is 30.9 Å². The molecule has 1 fully saturated rings. The lowest BCUT2D eigenvalue weighted by molar-refractivity contribution is -0.383. The van der Waals surface area contributed by atoms with E-state index in [4.69, 9.17) is 5.73 Å². The Morgan fingerprint density at radius 1 is 1.47 bits per heavy atom. The van der Waals surface area contributed by atoms with Crippen LogP contribution < -0.4 is 11.1 Å². The molecule has 0 heterocycles. The molecule has 0 spiro atoms. The zero-order chi connectivity index (χ0) is 12.3. The highest BCUT2D eigenvalue weighted by Gasteiger charge is 2.20. The summed E-state index contributed by atoms with van der Waals surface area (Å²) in [6.07, 6.45) is 4.95. The zero-order valence-electron chi connectivity index (χ0n) is 9.69. The molecule has 5 heteroatoms. The van der Waals surface area contributed by atoms with Crippen LogP contribution in [0.3, 0.4) is 0 Å². The lowest BCUT2D eigenvalue weighted by Gasteiger charge is -2.07. The first-order chi connectivity index (χ1) is 8.18. The van der Waals surface area contributed by atoms with Crippen LogP contribution in [0.5, 0.6) is 0 Å². The van der Waals surface area contributed by atoms with Crippen LogP contribution in [0.4, 0.5) is 17.1 Å². The molecule has 1 aliphatic rings. The molecular weight excluding hydrogens is 218 g/mol. The van der Waals surface area contributed by atoms with Gasteiger partial charge in [-0.1, -0.05) is 18.9 Å². The van der Waals surface area contributed by atoms with Crippen molar-refractivity contribution in [2.75, 3.05) is 17.6 Å². The molecule has 0 bridgehead atoms. The summed E-state index contributed by atoms with van der Waals surface area (Å²) in [6.45, 7) is 0.765. The molecule has 0 amide bonds. The van der Waals surface area contributed by atoms with Crippen molar-refractivity contribution in [2.24, 2.45) is 5.92 Å². The average Bonchev–Trinajstić information content (AvgIpc) is 3.07. The van der Waals surface area contributed by atoms with E-state index in [1.807, 2.05) is 0 Å². The average molecular weight is 235 g/mol. The van der Waals surface area contributed by atoms with Crippen LogP contribution in [0.25, 0.3) is 0 Å². The summed E-state index contributed by atoms with van der Waals surface area (Å²) in [6, 6.07) is 4.98. The van der Waals surface area contributed by atoms with Crippen LogP contribution >= 0.6 is 0 Å². The SMILES string of the molecule is Nc1cccc(NCCCC2CC2)c1[N+](=O)[O-]. The van der Waals surface area contributed by atoms with E-state index >= 15 is 0 Å². The maximum absolute atomic E-state index is 10.9. The zero-order valence-corrected chi connectivity index (χ0v) is 9.69. The Bertz CT molecular complexity index is 416. The molecule has 0 saturated heterocycles. The Labute approximate surface area is 100 Å². The number of hydrogen-bond acceptors (Lipinski definition) is 4. The maximum Gasteiger partial charge on any atom is 0.314 e. The molecule has 3 N–H and O–H groups in total. The fourth-order valence-electron chi connectivity index (χ4n) is 1.93. The number of nitrogens with zero attached hydrogens (tertiary/aromatic N) is 1. The van der Waals surface area contributed by atoms with Crippen molar-refractivity contribution in [1.29, 1.82) is 0 Å². The molecule has 1 saturated carbocycles. The number of para-hydroxylation sites is 1. The molecule has 0 aliphatic heterocycles. The monoisotopic (exact) mass is 235 g/mol. The van der Waals surface area contributed by atoms with Gasteiger partial charge in [-0.3, -0.25) is 10.1 Å². The molecule has 0 radical (unpaired) electrons. The molecule has 1 aromatic rings. The Morgan fingerprint density at radius 3 is 2.88 bits per heavy atom. The normalized spacial score (nSPS) is 14.6. The topological polar surface area (TPSA) is 81.2 Å². The second-order valence-electron chi connectivity index (χ2n) is 4.51. The van der Waals surface area contributed by atoms with Gasteiger partial charge in [-0.2, -0.15) is 0 Å². The summed E-state index contributed by atoms with van der Waals surface area (Å²) >= 11 is 0. The number of nitro groups is 1. The molecule has 2 rings (SSSR count). The van der Waals surface area contributed by atoms with Gasteiger partial charge in [0.05, 0.1) is 4.92 Å². The molecule has 0 atom stereocenters. The van der Waals surface area contributed by atoms with Crippen LogP contribution in [0.2, 0.25) is 0 Å². The first-order valence-corrected chi connectivity index (χ1v) is 5.95. The van der Waals surface area contributed by atoms with Gasteiger partial charge in [0, 0.05) is 6.54 Å². The molecule has 1 aliphatic carbocycles. The molecule has 5 nitrogen and oxygen atoms in total. The largest absolute Gasteiger partial charge is 0.393 e. The van der Waals surface area contributed by atoms with Gasteiger partial charge in [0.2, 0.25) is 0 Å². The summed E-state index contributed by atoms with van der Waals surface area (Å²) in [5.74, 6) is 0.896. The second kappa shape index (κ2) is 5.03. The molecule has 1 aromatic carbocycles. The molecular formula is C12H17N3O2. The summed E-state index contributed by atoms with van der Waals surface area (Å²) in [7, 11) is 0. The van der Waals surface area contributed by atoms with Crippen molar-refractivity contribution >= 4 is 17.1 Å². The van der Waals surface area contributed by atoms with E-state index in [0.29, 0.717) is 5.69 Å². The van der Waals surface area contributed by atoms with Gasteiger partial charge in [-0.15, -0.1) is 0 Å². The van der Waals surface area contributed by atoms with Crippen LogP contribution in [0.15, 0.2) is 18.2 Å². The number of nitrogen functional groups attached to an aromatic ring is 1. The molecule has 17 heavy (non-hydrogen) atoms. The van der Waals surface area contributed by atoms with Crippen molar-refractivity contribution in [3.8, 4) is 0 Å². The van der Waals surface area contributed by atoms with E-state index in [-0.39, 0.29) is 11.4 Å². The third-order valence-corrected chi connectivity index (χ3v) is 3.05. The number of benzene rings is 1. The summed E-state index contributed by atoms with van der Waals surface area (Å²) < 4.78 is 0. The highest BCUT2D eigenvalue weighted by Crippen LogP contribution is 2.34. The first-order valence-electron chi connectivity index (χ1n) is 5.95. The Hall–Kier alpha value is -1.78. The van der Waals surface area contributed by atoms with Crippen molar-refractivity contribution in [1.82, 2.24) is 0 Å². The smallest absolute Gasteiger partial charge is 0.314 e. The van der Waals surface area contributed by atoms with Gasteiger partial charge >= 0.3 is 5.69 Å². The minimum absolute atomic E-state index is 0.0149. The number of nitrogens with one attached hydrogen (secondary N) is 1. The van der Waals surface area contributed by atoms with E-state index in [2.05, 4.69) is 5.32 Å². The highest BCUT2D eigenvalue weighted by molar-refractivity contribution is 5.74. The van der Waals surface area contributed by atoms with Crippen molar-refractivity contribution in [3.63, 3.8) is 0 Å². The summed E-state index contributed by atoms with van der Waals surface area (Å²) in [5, 5.41) is 14.0. The third-order valence-electron chi connectivity index (χ3n) is 3.05. The molecule has 0 unspecified atom stereocenters. The van der Waals surface area contributed by atoms with E-state index in [1.54, 1.807) is 18.2 Å². The third kappa shape index (κ3) is 3.09. The van der Waals surface area contributed by atoms with Gasteiger partial charge in [0.15, 0.2) is 0 Å². The molecule has 92 valence electrons. The van der Waals surface area contributed by atoms with E-state index < -0.39 is 4.92 Å². The minimum atomic E-state index is -0.432. The quantitative estimate of drug-likeness (QED) is 0.344. The Morgan fingerprint density at radius 2 is 2.24 bits per heavy atom. The first kappa shape index (κ1) is 11.7. The van der Waals surface area contributed by atoms with Crippen molar-refractivity contribution in [3.05, 3.63) is 28.3 Å². The van der Waals surface area contributed by atoms with E-state index in [0.717, 1.165) is 18.9 Å². The Balaban J connectivity index is 1.93. The standard InChI is InChI=1S/C12H17N3O2/c13-10-4-1-5-11(12(10)15(16)17)14-8-2-3-9-6-7-9/h1,4-5,9,14H,2-3,6-8,13H2. The number of hydrogen-bond donors (Lipinski definition) is 2. The predicted octanol–water partition coefficient (Wildman–Crippen LogP) is 2.78. The van der Waals surface area contributed by atoms with E-state index in [1.165, 1.54) is 19.3 Å². The number of anilines is 2. The van der Waals surface area contributed by atoms with Crippen LogP contribution in [-0.2, 0) is 0 Å². The number of nitrogens with two attached hydrogens (primary N) is 1. The summed E-state index contributed by atoms with van der Waals surface area (Å²) in [4.78, 5) is 10.4. The van der Waals surface area contributed by atoms with Crippen LogP contribution in [0.1, 0.15) is 25.7 Å². The van der Waals surface area contributed by atoms with Crippen LogP contribution in [0, 0.1) is 16.0 Å². The molecule has 0 aromatic heterocycles. The van der Waals surface area contributed by atoms with Crippen LogP contribution in [-0.4, -0.2) is 11.5 Å². The predicted molar refractivity (Wildman–Crippen MR) is 68.0 cm³/mol. The van der Waals surface area contributed by atoms with E-state index in [9.17, 15) is 10.1 Å². The highest BCUT2D eigenvalue weighted by atomic mass is 16.6. The van der Waals surface area contributed by atoms with Gasteiger partial charge < -0.3 is 11.1 Å². The van der Waals surface area contributed by atoms with Gasteiger partial charge in [0.1, 0.15) is 11.4 Å². The Kier molecular flexibility index (Phi) is 3.46. The maximum atomic E-state index is 10.9. The summed E-state index contributed by atoms with van der Waals surface area (Å²) in [5.41, 5.74) is 6.32. The number of rotatable bonds is 6. The van der Waals surface area contributed by atoms with Crippen molar-refractivity contribution < 1.29 is 4.92 Å². The fraction of sp³-hybridized carbons (Fsp3) is 0.500. The van der Waals surface area contributed by atoms with Gasteiger partial charge in [0.25, 0.3) is 0 Å². The number of nitro benzene ring substituents is 1. The lowest BCUT2D eigenvalue weighted by Crippen LogP contribution is -2.06. The lowest BCUT2D eigenvalue weighted by atomic mass is 10.2.